The van der Waals surface area contributed by atoms with Crippen LogP contribution in [0.2, 0.25) is 0 Å². The molecule has 8 heteroatoms. The molecule has 2 amide bonds. The molecule has 2 aliphatic heterocycles. The second-order valence-corrected chi connectivity index (χ2v) is 10.3. The molecule has 1 N–H and O–H groups in total. The van der Waals surface area contributed by atoms with Gasteiger partial charge in [0.25, 0.3) is 5.91 Å². The molecule has 5 rings (SSSR count). The smallest absolute Gasteiger partial charge is 0.255 e. The van der Waals surface area contributed by atoms with Gasteiger partial charge in [0.15, 0.2) is 0 Å². The van der Waals surface area contributed by atoms with Crippen LogP contribution in [0.3, 0.4) is 0 Å². The van der Waals surface area contributed by atoms with Crippen molar-refractivity contribution in [2.24, 2.45) is 0 Å². The zero-order valence-corrected chi connectivity index (χ0v) is 24.4. The van der Waals surface area contributed by atoms with Gasteiger partial charge in [-0.3, -0.25) is 9.59 Å². The van der Waals surface area contributed by atoms with Gasteiger partial charge in [0.2, 0.25) is 5.91 Å². The van der Waals surface area contributed by atoms with Crippen LogP contribution in [-0.2, 0) is 10.3 Å². The summed E-state index contributed by atoms with van der Waals surface area (Å²) in [6, 6.07) is 20.4. The lowest BCUT2D eigenvalue weighted by Gasteiger charge is -2.45. The molecular weight excluding hydrogens is 524 g/mol. The number of halogens is 1. The van der Waals surface area contributed by atoms with Crippen molar-refractivity contribution in [3.8, 4) is 11.5 Å². The highest BCUT2D eigenvalue weighted by molar-refractivity contribution is 6.27. The van der Waals surface area contributed by atoms with Gasteiger partial charge in [0.1, 0.15) is 22.9 Å². The number of benzene rings is 3. The van der Waals surface area contributed by atoms with Crippen LogP contribution in [0.15, 0.2) is 60.7 Å². The average Bonchev–Trinajstić information content (AvgIpc) is 3.22. The minimum Gasteiger partial charge on any atom is -0.456 e. The van der Waals surface area contributed by atoms with Crippen LogP contribution in [0.25, 0.3) is 0 Å². The number of rotatable bonds is 10. The quantitative estimate of drug-likeness (QED) is 0.328. The number of nitrogens with one attached hydrogen (secondary N) is 1. The van der Waals surface area contributed by atoms with Crippen molar-refractivity contribution in [1.29, 1.82) is 0 Å². The lowest BCUT2D eigenvalue weighted by atomic mass is 9.74. The number of fused-ring (bicyclic) bond motifs is 6. The molecular formula is C32H37ClN4O3. The van der Waals surface area contributed by atoms with Crippen molar-refractivity contribution >= 4 is 34.8 Å². The zero-order valence-electron chi connectivity index (χ0n) is 23.7. The summed E-state index contributed by atoms with van der Waals surface area (Å²) < 4.78 is 6.70. The van der Waals surface area contributed by atoms with E-state index in [9.17, 15) is 9.59 Å². The maximum absolute atomic E-state index is 14.1. The van der Waals surface area contributed by atoms with Gasteiger partial charge in [-0.2, -0.15) is 0 Å². The third-order valence-electron chi connectivity index (χ3n) is 8.16. The molecule has 1 spiro atoms. The highest BCUT2D eigenvalue weighted by Crippen LogP contribution is 2.58. The third-order valence-corrected chi connectivity index (χ3v) is 8.41. The molecule has 0 saturated heterocycles. The number of ether oxygens (including phenoxy) is 1. The van der Waals surface area contributed by atoms with Crippen molar-refractivity contribution in [3.05, 3.63) is 82.9 Å². The molecule has 7 nitrogen and oxygen atoms in total. The first-order chi connectivity index (χ1) is 19.4. The normalized spacial score (nSPS) is 14.3. The van der Waals surface area contributed by atoms with Crippen LogP contribution < -0.4 is 19.9 Å². The molecule has 2 aliphatic rings. The second kappa shape index (κ2) is 11.4. The van der Waals surface area contributed by atoms with Crippen molar-refractivity contribution in [2.45, 2.75) is 33.2 Å². The van der Waals surface area contributed by atoms with Crippen molar-refractivity contribution in [3.63, 3.8) is 0 Å². The van der Waals surface area contributed by atoms with Gasteiger partial charge < -0.3 is 24.8 Å². The molecule has 210 valence electrons. The zero-order chi connectivity index (χ0) is 28.4. The van der Waals surface area contributed by atoms with E-state index in [1.54, 1.807) is 0 Å². The molecule has 0 radical (unpaired) electrons. The minimum absolute atomic E-state index is 0.0739. The van der Waals surface area contributed by atoms with Crippen LogP contribution >= 0.6 is 11.6 Å². The summed E-state index contributed by atoms with van der Waals surface area (Å²) in [5.74, 6) is 0.998. The lowest BCUT2D eigenvalue weighted by molar-refractivity contribution is -0.118. The fourth-order valence-corrected chi connectivity index (χ4v) is 6.35. The maximum atomic E-state index is 14.1. The van der Waals surface area contributed by atoms with Crippen molar-refractivity contribution < 1.29 is 14.3 Å². The van der Waals surface area contributed by atoms with E-state index in [0.717, 1.165) is 65.7 Å². The standard InChI is InChI=1S/C32H37ClN4O3/c1-5-35(6-2)22-13-15-26-28(19-22)40-29-20-23(36(7-3)8-4)14-16-27(29)32(26)25-12-10-9-11-24(25)31(39)37(32)18-17-34-30(38)21-33/h9-16,19-20H,5-8,17-18,21H2,1-4H3,(H,34,38). The van der Waals surface area contributed by atoms with Gasteiger partial charge in [-0.1, -0.05) is 30.3 Å². The molecule has 0 aromatic heterocycles. The SMILES string of the molecule is CCN(CC)c1ccc2c(c1)Oc1cc(N(CC)CC)ccc1C21c2ccccc2C(=O)N1CCNC(=O)CCl. The first kappa shape index (κ1) is 27.8. The van der Waals surface area contributed by atoms with E-state index in [4.69, 9.17) is 16.3 Å². The molecule has 3 aromatic rings. The van der Waals surface area contributed by atoms with E-state index in [2.05, 4.69) is 79.2 Å². The summed E-state index contributed by atoms with van der Waals surface area (Å²) in [7, 11) is 0. The summed E-state index contributed by atoms with van der Waals surface area (Å²) >= 11 is 5.74. The van der Waals surface area contributed by atoms with Crippen molar-refractivity contribution in [2.75, 3.05) is 54.9 Å². The Hall–Kier alpha value is -3.71. The molecule has 0 atom stereocenters. The molecule has 0 saturated carbocycles. The van der Waals surface area contributed by atoms with Crippen LogP contribution in [0.5, 0.6) is 11.5 Å². The van der Waals surface area contributed by atoms with E-state index in [0.29, 0.717) is 12.1 Å². The van der Waals surface area contributed by atoms with Crippen LogP contribution in [-0.4, -0.2) is 61.9 Å². The van der Waals surface area contributed by atoms with E-state index < -0.39 is 5.54 Å². The largest absolute Gasteiger partial charge is 0.456 e. The second-order valence-electron chi connectivity index (χ2n) is 10.0. The number of anilines is 2. The van der Waals surface area contributed by atoms with Gasteiger partial charge in [-0.05, 0) is 51.5 Å². The fourth-order valence-electron chi connectivity index (χ4n) is 6.26. The Balaban J connectivity index is 1.76. The van der Waals surface area contributed by atoms with E-state index in [1.807, 2.05) is 29.2 Å². The number of hydrogen-bond acceptors (Lipinski definition) is 5. The molecule has 40 heavy (non-hydrogen) atoms. The minimum atomic E-state index is -0.911. The third kappa shape index (κ3) is 4.37. The maximum Gasteiger partial charge on any atom is 0.255 e. The first-order valence-electron chi connectivity index (χ1n) is 14.1. The Labute approximate surface area is 241 Å². The van der Waals surface area contributed by atoms with Gasteiger partial charge in [-0.25, -0.2) is 0 Å². The monoisotopic (exact) mass is 560 g/mol. The first-order valence-corrected chi connectivity index (χ1v) is 14.7. The Morgan fingerprint density at radius 3 is 1.93 bits per heavy atom. The fraction of sp³-hybridized carbons (Fsp3) is 0.375. The van der Waals surface area contributed by atoms with Crippen LogP contribution in [0.1, 0.15) is 54.7 Å². The molecule has 0 fully saturated rings. The van der Waals surface area contributed by atoms with Gasteiger partial charge in [0, 0.05) is 79.5 Å². The summed E-state index contributed by atoms with van der Waals surface area (Å²) in [5.41, 5.74) is 4.63. The average molecular weight is 561 g/mol. The highest BCUT2D eigenvalue weighted by Gasteiger charge is 2.56. The molecule has 2 heterocycles. The Morgan fingerprint density at radius 1 is 0.850 bits per heavy atom. The number of carbonyl (C=O) groups excluding carboxylic acids is 2. The molecule has 0 unspecified atom stereocenters. The molecule has 0 aliphatic carbocycles. The number of alkyl halides is 1. The summed E-state index contributed by atoms with van der Waals surface area (Å²) in [5, 5.41) is 2.85. The Morgan fingerprint density at radius 2 is 1.40 bits per heavy atom. The molecule has 3 aromatic carbocycles. The van der Waals surface area contributed by atoms with Gasteiger partial charge >= 0.3 is 0 Å². The van der Waals surface area contributed by atoms with Gasteiger partial charge in [0.05, 0.1) is 0 Å². The van der Waals surface area contributed by atoms with Crippen LogP contribution in [0.4, 0.5) is 11.4 Å². The predicted molar refractivity (Wildman–Crippen MR) is 161 cm³/mol. The number of hydrogen-bond donors (Lipinski definition) is 1. The Bertz CT molecular complexity index is 1360. The highest BCUT2D eigenvalue weighted by atomic mass is 35.5. The van der Waals surface area contributed by atoms with E-state index in [-0.39, 0.29) is 24.2 Å². The molecule has 0 bridgehead atoms. The summed E-state index contributed by atoms with van der Waals surface area (Å²) in [4.78, 5) is 32.5. The van der Waals surface area contributed by atoms with Gasteiger partial charge in [-0.15, -0.1) is 11.6 Å². The Kier molecular flexibility index (Phi) is 7.95. The predicted octanol–water partition coefficient (Wildman–Crippen LogP) is 5.59. The summed E-state index contributed by atoms with van der Waals surface area (Å²) in [6.07, 6.45) is 0. The number of amides is 2. The topological polar surface area (TPSA) is 65.1 Å². The van der Waals surface area contributed by atoms with Crippen molar-refractivity contribution in [1.82, 2.24) is 10.2 Å². The number of nitrogens with zero attached hydrogens (tertiary/aromatic N) is 3. The van der Waals surface area contributed by atoms with E-state index >= 15 is 0 Å². The lowest BCUT2D eigenvalue weighted by Crippen LogP contribution is -2.50. The summed E-state index contributed by atoms with van der Waals surface area (Å²) in [6.45, 7) is 12.6. The van der Waals surface area contributed by atoms with Crippen LogP contribution in [0, 0.1) is 0 Å². The number of carbonyl (C=O) groups is 2. The van der Waals surface area contributed by atoms with E-state index in [1.165, 1.54) is 0 Å².